The molecule has 0 amide bonds. The summed E-state index contributed by atoms with van der Waals surface area (Å²) in [6.45, 7) is 13.6. The summed E-state index contributed by atoms with van der Waals surface area (Å²) in [5.41, 5.74) is 1.06. The molecule has 0 saturated heterocycles. The lowest BCUT2D eigenvalue weighted by Gasteiger charge is -2.30. The molecule has 0 radical (unpaired) electrons. The summed E-state index contributed by atoms with van der Waals surface area (Å²) >= 11 is 0. The molecule has 0 bridgehead atoms. The van der Waals surface area contributed by atoms with E-state index in [4.69, 9.17) is 4.74 Å². The molecule has 1 N–H and O–H groups in total. The number of ketones is 1. The number of unbranched alkanes of at least 4 members (excludes halogenated alkanes) is 5. The average Bonchev–Trinajstić information content (AvgIpc) is 2.65. The normalized spacial score (nSPS) is 13.9. The average molecular weight is 405 g/mol. The minimum atomic E-state index is -1.75. The van der Waals surface area contributed by atoms with Gasteiger partial charge in [-0.2, -0.15) is 0 Å². The quantitative estimate of drug-likeness (QED) is 0.291. The number of benzene rings is 1. The molecule has 0 spiro atoms. The monoisotopic (exact) mass is 404 g/mol. The Morgan fingerprint density at radius 2 is 1.68 bits per heavy atom. The van der Waals surface area contributed by atoms with Crippen molar-refractivity contribution in [1.82, 2.24) is 0 Å². The highest BCUT2D eigenvalue weighted by atomic mass is 28.3. The van der Waals surface area contributed by atoms with E-state index in [0.717, 1.165) is 23.6 Å². The fourth-order valence-electron chi connectivity index (χ4n) is 3.31. The van der Waals surface area contributed by atoms with Crippen molar-refractivity contribution < 1.29 is 14.6 Å². The Kier molecular flexibility index (Phi) is 11.6. The number of carbonyl (C=O) groups is 1. The molecule has 0 heterocycles. The molecule has 0 aromatic heterocycles. The molecule has 1 aromatic rings. The molecule has 0 unspecified atom stereocenters. The summed E-state index contributed by atoms with van der Waals surface area (Å²) in [6.07, 6.45) is 6.60. The lowest BCUT2D eigenvalue weighted by molar-refractivity contribution is -0.126. The van der Waals surface area contributed by atoms with Crippen molar-refractivity contribution >= 4 is 13.9 Å². The van der Waals surface area contributed by atoms with Gasteiger partial charge in [0, 0.05) is 6.42 Å². The van der Waals surface area contributed by atoms with Gasteiger partial charge in [0.2, 0.25) is 0 Å². The molecule has 0 aliphatic rings. The number of aliphatic hydroxyl groups is 1. The molecule has 158 valence electrons. The van der Waals surface area contributed by atoms with E-state index in [1.165, 1.54) is 25.7 Å². The highest BCUT2D eigenvalue weighted by Crippen LogP contribution is 2.27. The van der Waals surface area contributed by atoms with Crippen LogP contribution in [-0.2, 0) is 16.1 Å². The second-order valence-electron chi connectivity index (χ2n) is 8.81. The van der Waals surface area contributed by atoms with Gasteiger partial charge in [-0.3, -0.25) is 4.79 Å². The third kappa shape index (κ3) is 9.31. The first-order valence-corrected chi connectivity index (χ1v) is 14.3. The molecule has 0 aliphatic heterocycles. The molecular weight excluding hydrogens is 364 g/mol. The number of hydrogen-bond acceptors (Lipinski definition) is 3. The highest BCUT2D eigenvalue weighted by molar-refractivity contribution is 6.83. The smallest absolute Gasteiger partial charge is 0.142 e. The third-order valence-electron chi connectivity index (χ3n) is 5.25. The molecule has 0 saturated carbocycles. The molecular formula is C24H40O3Si. The van der Waals surface area contributed by atoms with Crippen LogP contribution in [0.5, 0.6) is 0 Å². The molecule has 0 aliphatic carbocycles. The topological polar surface area (TPSA) is 46.5 Å². The number of ether oxygens (including phenoxy) is 1. The molecule has 4 heteroatoms. The minimum Gasteiger partial charge on any atom is -0.390 e. The number of carbonyl (C=O) groups excluding carboxylic acids is 1. The number of aliphatic hydroxyl groups excluding tert-OH is 1. The van der Waals surface area contributed by atoms with Gasteiger partial charge in [0.1, 0.15) is 5.78 Å². The summed E-state index contributed by atoms with van der Waals surface area (Å²) in [7, 11) is -1.75. The Morgan fingerprint density at radius 1 is 1.07 bits per heavy atom. The number of rotatable bonds is 15. The molecule has 0 fully saturated rings. The summed E-state index contributed by atoms with van der Waals surface area (Å²) in [5, 5.41) is 11.7. The molecule has 28 heavy (non-hydrogen) atoms. The van der Waals surface area contributed by atoms with Gasteiger partial charge in [0.15, 0.2) is 0 Å². The fraction of sp³-hybridized carbons (Fsp3) is 0.625. The van der Waals surface area contributed by atoms with Crippen molar-refractivity contribution in [1.29, 1.82) is 0 Å². The predicted octanol–water partition coefficient (Wildman–Crippen LogP) is 5.93. The zero-order chi connectivity index (χ0) is 21.0. The number of Topliss-reactive ketones (excluding diaryl/α,β-unsaturated/α-hetero) is 1. The first-order valence-electron chi connectivity index (χ1n) is 10.8. The van der Waals surface area contributed by atoms with Gasteiger partial charge in [0.25, 0.3) is 0 Å². The van der Waals surface area contributed by atoms with E-state index >= 15 is 0 Å². The van der Waals surface area contributed by atoms with Crippen LogP contribution in [0.15, 0.2) is 42.1 Å². The van der Waals surface area contributed by atoms with E-state index in [1.54, 1.807) is 0 Å². The summed E-state index contributed by atoms with van der Waals surface area (Å²) in [4.78, 5) is 12.9. The highest BCUT2D eigenvalue weighted by Gasteiger charge is 2.35. The third-order valence-corrected chi connectivity index (χ3v) is 7.48. The zero-order valence-electron chi connectivity index (χ0n) is 18.4. The van der Waals surface area contributed by atoms with Crippen LogP contribution in [0.4, 0.5) is 0 Å². The van der Waals surface area contributed by atoms with Crippen LogP contribution in [0.25, 0.3) is 0 Å². The number of hydrogen-bond donors (Lipinski definition) is 1. The van der Waals surface area contributed by atoms with E-state index in [0.29, 0.717) is 13.0 Å². The zero-order valence-corrected chi connectivity index (χ0v) is 19.4. The molecule has 1 rings (SSSR count). The van der Waals surface area contributed by atoms with Crippen molar-refractivity contribution in [3.63, 3.8) is 0 Å². The predicted molar refractivity (Wildman–Crippen MR) is 121 cm³/mol. The van der Waals surface area contributed by atoms with Gasteiger partial charge in [-0.15, -0.1) is 6.58 Å². The van der Waals surface area contributed by atoms with Crippen LogP contribution in [-0.4, -0.2) is 31.7 Å². The lowest BCUT2D eigenvalue weighted by Crippen LogP contribution is -2.41. The second-order valence-corrected chi connectivity index (χ2v) is 13.9. The van der Waals surface area contributed by atoms with Crippen molar-refractivity contribution in [3.05, 3.63) is 47.7 Å². The Balaban J connectivity index is 2.59. The first kappa shape index (κ1) is 24.8. The van der Waals surface area contributed by atoms with Gasteiger partial charge in [0.05, 0.1) is 33.3 Å². The maximum Gasteiger partial charge on any atom is 0.142 e. The summed E-state index contributed by atoms with van der Waals surface area (Å²) < 4.78 is 5.72. The van der Waals surface area contributed by atoms with E-state index in [2.05, 4.69) is 33.1 Å². The van der Waals surface area contributed by atoms with Crippen molar-refractivity contribution in [2.75, 3.05) is 6.61 Å². The molecule has 2 atom stereocenters. The van der Waals surface area contributed by atoms with Crippen LogP contribution in [0.1, 0.15) is 57.4 Å². The minimum absolute atomic E-state index is 0.124. The van der Waals surface area contributed by atoms with E-state index in [-0.39, 0.29) is 12.4 Å². The van der Waals surface area contributed by atoms with Gasteiger partial charge >= 0.3 is 0 Å². The van der Waals surface area contributed by atoms with Crippen LogP contribution >= 0.6 is 0 Å². The SMILES string of the molecule is C=C([C@H](C(=O)CCCCCCCC)[C@@H](O)COCc1ccccc1)[Si](C)(C)C. The Bertz CT molecular complexity index is 577. The van der Waals surface area contributed by atoms with Crippen LogP contribution in [0.2, 0.25) is 19.6 Å². The summed E-state index contributed by atoms with van der Waals surface area (Å²) in [5.74, 6) is -0.378. The van der Waals surface area contributed by atoms with Crippen molar-refractivity contribution in [3.8, 4) is 0 Å². The fourth-order valence-corrected chi connectivity index (χ4v) is 4.60. The van der Waals surface area contributed by atoms with Gasteiger partial charge < -0.3 is 9.84 Å². The van der Waals surface area contributed by atoms with Gasteiger partial charge in [-0.05, 0) is 12.0 Å². The van der Waals surface area contributed by atoms with Crippen LogP contribution < -0.4 is 0 Å². The van der Waals surface area contributed by atoms with Crippen LogP contribution in [0.3, 0.4) is 0 Å². The molecule has 3 nitrogen and oxygen atoms in total. The van der Waals surface area contributed by atoms with Gasteiger partial charge in [-0.1, -0.05) is 94.2 Å². The van der Waals surface area contributed by atoms with Gasteiger partial charge in [-0.25, -0.2) is 0 Å². The van der Waals surface area contributed by atoms with Crippen molar-refractivity contribution in [2.45, 2.75) is 84.2 Å². The Labute approximate surface area is 173 Å². The summed E-state index contributed by atoms with van der Waals surface area (Å²) in [6, 6.07) is 9.89. The second kappa shape index (κ2) is 13.1. The maximum absolute atomic E-state index is 12.9. The lowest BCUT2D eigenvalue weighted by atomic mass is 9.93. The Morgan fingerprint density at radius 3 is 2.29 bits per heavy atom. The first-order chi connectivity index (χ1) is 13.3. The Hall–Kier alpha value is -1.23. The van der Waals surface area contributed by atoms with Crippen LogP contribution in [0, 0.1) is 5.92 Å². The van der Waals surface area contributed by atoms with E-state index in [9.17, 15) is 9.90 Å². The van der Waals surface area contributed by atoms with Crippen molar-refractivity contribution in [2.24, 2.45) is 5.92 Å². The van der Waals surface area contributed by atoms with E-state index < -0.39 is 20.1 Å². The largest absolute Gasteiger partial charge is 0.390 e. The standard InChI is InChI=1S/C24H40O3Si/c1-6-7-8-9-10-14-17-22(25)24(20(2)28(3,4)5)23(26)19-27-18-21-15-12-11-13-16-21/h11-13,15-16,23-24,26H,2,6-10,14,17-19H2,1,3-5H3/t23-,24+/m0/s1. The molecule has 1 aromatic carbocycles. The maximum atomic E-state index is 12.9. The van der Waals surface area contributed by atoms with E-state index in [1.807, 2.05) is 30.3 Å².